The van der Waals surface area contributed by atoms with E-state index in [-0.39, 0.29) is 18.3 Å². The summed E-state index contributed by atoms with van der Waals surface area (Å²) in [6.45, 7) is 7.30. The number of anilines is 1. The van der Waals surface area contributed by atoms with Crippen LogP contribution < -0.4 is 10.2 Å². The average Bonchev–Trinajstić information content (AvgIpc) is 3.16. The van der Waals surface area contributed by atoms with E-state index in [9.17, 15) is 9.59 Å². The zero-order chi connectivity index (χ0) is 19.1. The molecular formula is C20H26N2O3S. The number of hydrogen-bond acceptors (Lipinski definition) is 5. The van der Waals surface area contributed by atoms with Crippen LogP contribution in [0.3, 0.4) is 0 Å². The molecule has 1 N–H and O–H groups in total. The molecule has 1 aromatic carbocycles. The first-order valence-electron chi connectivity index (χ1n) is 8.74. The molecule has 5 nitrogen and oxygen atoms in total. The second kappa shape index (κ2) is 9.38. The lowest BCUT2D eigenvalue weighted by Gasteiger charge is -2.27. The number of hydrogen-bond donors (Lipinski definition) is 1. The number of nitrogens with one attached hydrogen (secondary N) is 1. The minimum Gasteiger partial charge on any atom is -0.469 e. The predicted molar refractivity (Wildman–Crippen MR) is 106 cm³/mol. The Balaban J connectivity index is 2.12. The normalized spacial score (nSPS) is 11.9. The van der Waals surface area contributed by atoms with Crippen molar-refractivity contribution in [1.82, 2.24) is 5.32 Å². The number of rotatable bonds is 8. The Hall–Kier alpha value is -2.34. The van der Waals surface area contributed by atoms with Crippen molar-refractivity contribution < 1.29 is 14.3 Å². The summed E-state index contributed by atoms with van der Waals surface area (Å²) in [4.78, 5) is 27.5. The molecule has 0 saturated heterocycles. The molecule has 0 aliphatic rings. The second-order valence-corrected chi connectivity index (χ2v) is 7.23. The van der Waals surface area contributed by atoms with Crippen LogP contribution in [0.4, 0.5) is 5.69 Å². The fourth-order valence-electron chi connectivity index (χ4n) is 2.85. The maximum Gasteiger partial charge on any atom is 0.307 e. The Morgan fingerprint density at radius 2 is 1.88 bits per heavy atom. The molecule has 140 valence electrons. The molecule has 2 rings (SSSR count). The van der Waals surface area contributed by atoms with E-state index in [4.69, 9.17) is 4.74 Å². The molecule has 0 radical (unpaired) electrons. The third kappa shape index (κ3) is 5.08. The molecule has 0 aliphatic heterocycles. The van der Waals surface area contributed by atoms with E-state index in [1.54, 1.807) is 0 Å². The highest BCUT2D eigenvalue weighted by Gasteiger charge is 2.20. The molecule has 1 heterocycles. The van der Waals surface area contributed by atoms with Crippen molar-refractivity contribution in [1.29, 1.82) is 0 Å². The van der Waals surface area contributed by atoms with E-state index in [0.717, 1.165) is 17.1 Å². The highest BCUT2D eigenvalue weighted by molar-refractivity contribution is 7.10. The number of esters is 1. The van der Waals surface area contributed by atoms with E-state index < -0.39 is 6.04 Å². The summed E-state index contributed by atoms with van der Waals surface area (Å²) in [5.41, 5.74) is 1.66. The molecule has 0 spiro atoms. The average molecular weight is 375 g/mol. The fourth-order valence-corrected chi connectivity index (χ4v) is 3.63. The molecule has 0 fully saturated rings. The third-order valence-corrected chi connectivity index (χ3v) is 5.20. The summed E-state index contributed by atoms with van der Waals surface area (Å²) in [7, 11) is 1.35. The molecule has 0 aliphatic carbocycles. The fraction of sp³-hybridized carbons (Fsp3) is 0.400. The van der Waals surface area contributed by atoms with Gasteiger partial charge in [-0.3, -0.25) is 9.59 Å². The lowest BCUT2D eigenvalue weighted by atomic mass is 10.1. The van der Waals surface area contributed by atoms with Crippen LogP contribution in [0.1, 0.15) is 48.5 Å². The van der Waals surface area contributed by atoms with E-state index >= 15 is 0 Å². The quantitative estimate of drug-likeness (QED) is 0.709. The van der Waals surface area contributed by atoms with Gasteiger partial charge in [-0.05, 0) is 56.5 Å². The first-order chi connectivity index (χ1) is 12.5. The zero-order valence-corrected chi connectivity index (χ0v) is 16.5. The monoisotopic (exact) mass is 374 g/mol. The first kappa shape index (κ1) is 20.0. The van der Waals surface area contributed by atoms with Crippen molar-refractivity contribution in [3.05, 3.63) is 52.2 Å². The van der Waals surface area contributed by atoms with Crippen molar-refractivity contribution >= 4 is 28.9 Å². The number of methoxy groups -OCH3 is 1. The lowest BCUT2D eigenvalue weighted by Crippen LogP contribution is -2.31. The molecule has 1 aromatic heterocycles. The number of nitrogens with zero attached hydrogens (tertiary/aromatic N) is 1. The summed E-state index contributed by atoms with van der Waals surface area (Å²) in [6, 6.07) is 11.4. The number of ether oxygens (including phenoxy) is 1. The van der Waals surface area contributed by atoms with Gasteiger partial charge in [0.05, 0.1) is 19.6 Å². The van der Waals surface area contributed by atoms with E-state index in [2.05, 4.69) is 31.0 Å². The van der Waals surface area contributed by atoms with Crippen molar-refractivity contribution in [2.24, 2.45) is 0 Å². The largest absolute Gasteiger partial charge is 0.469 e. The maximum atomic E-state index is 12.6. The van der Waals surface area contributed by atoms with E-state index in [1.807, 2.05) is 41.8 Å². The Morgan fingerprint density at radius 1 is 1.19 bits per heavy atom. The number of benzene rings is 1. The summed E-state index contributed by atoms with van der Waals surface area (Å²) >= 11 is 1.50. The Kier molecular flexibility index (Phi) is 7.21. The van der Waals surface area contributed by atoms with Crippen LogP contribution in [0.25, 0.3) is 0 Å². The van der Waals surface area contributed by atoms with Crippen LogP contribution in [0.15, 0.2) is 41.8 Å². The minimum atomic E-state index is -0.391. The molecule has 0 bridgehead atoms. The van der Waals surface area contributed by atoms with Gasteiger partial charge in [0.15, 0.2) is 0 Å². The van der Waals surface area contributed by atoms with Gasteiger partial charge in [-0.15, -0.1) is 11.3 Å². The summed E-state index contributed by atoms with van der Waals surface area (Å²) in [5, 5.41) is 4.87. The van der Waals surface area contributed by atoms with Gasteiger partial charge in [0.25, 0.3) is 5.91 Å². The van der Waals surface area contributed by atoms with Crippen LogP contribution >= 0.6 is 11.3 Å². The van der Waals surface area contributed by atoms with Crippen molar-refractivity contribution in [3.8, 4) is 0 Å². The number of carbonyl (C=O) groups excluding carboxylic acids is 2. The van der Waals surface area contributed by atoms with Gasteiger partial charge in [0, 0.05) is 28.7 Å². The van der Waals surface area contributed by atoms with Crippen LogP contribution in [0.2, 0.25) is 0 Å². The smallest absolute Gasteiger partial charge is 0.307 e. The van der Waals surface area contributed by atoms with Crippen molar-refractivity contribution in [2.75, 3.05) is 18.6 Å². The van der Waals surface area contributed by atoms with Gasteiger partial charge < -0.3 is 15.0 Å². The van der Waals surface area contributed by atoms with Crippen LogP contribution in [0, 0.1) is 0 Å². The topological polar surface area (TPSA) is 58.6 Å². The van der Waals surface area contributed by atoms with E-state index in [0.29, 0.717) is 11.6 Å². The molecule has 1 amide bonds. The first-order valence-corrected chi connectivity index (χ1v) is 9.62. The molecule has 1 atom stereocenters. The van der Waals surface area contributed by atoms with Crippen molar-refractivity contribution in [2.45, 2.75) is 39.3 Å². The second-order valence-electron chi connectivity index (χ2n) is 6.25. The Labute approximate surface area is 159 Å². The standard InChI is InChI=1S/C20H26N2O3S/c1-5-22(14(2)3)16-10-8-15(9-11-16)20(24)21-17(13-19(23)25-4)18-7-6-12-26-18/h6-12,14,17H,5,13H2,1-4H3,(H,21,24). The number of amides is 1. The molecular weight excluding hydrogens is 348 g/mol. The van der Waals surface area contributed by atoms with Gasteiger partial charge in [-0.2, -0.15) is 0 Å². The highest BCUT2D eigenvalue weighted by Crippen LogP contribution is 2.23. The maximum absolute atomic E-state index is 12.6. The third-order valence-electron chi connectivity index (χ3n) is 4.22. The van der Waals surface area contributed by atoms with Gasteiger partial charge in [-0.25, -0.2) is 0 Å². The summed E-state index contributed by atoms with van der Waals surface area (Å²) in [6.07, 6.45) is 0.109. The van der Waals surface area contributed by atoms with Crippen LogP contribution in [0.5, 0.6) is 0 Å². The highest BCUT2D eigenvalue weighted by atomic mass is 32.1. The number of carbonyl (C=O) groups is 2. The summed E-state index contributed by atoms with van der Waals surface area (Å²) < 4.78 is 4.75. The number of thiophene rings is 1. The zero-order valence-electron chi connectivity index (χ0n) is 15.7. The van der Waals surface area contributed by atoms with Gasteiger partial charge in [0.1, 0.15) is 0 Å². The Morgan fingerprint density at radius 3 is 2.38 bits per heavy atom. The molecule has 1 unspecified atom stereocenters. The Bertz CT molecular complexity index is 711. The van der Waals surface area contributed by atoms with Crippen molar-refractivity contribution in [3.63, 3.8) is 0 Å². The van der Waals surface area contributed by atoms with Crippen LogP contribution in [-0.2, 0) is 9.53 Å². The van der Waals surface area contributed by atoms with Crippen LogP contribution in [-0.4, -0.2) is 31.6 Å². The van der Waals surface area contributed by atoms with E-state index in [1.165, 1.54) is 18.4 Å². The molecule has 26 heavy (non-hydrogen) atoms. The minimum absolute atomic E-state index is 0.109. The summed E-state index contributed by atoms with van der Waals surface area (Å²) in [5.74, 6) is -0.555. The lowest BCUT2D eigenvalue weighted by molar-refractivity contribution is -0.141. The van der Waals surface area contributed by atoms with Gasteiger partial charge in [0.2, 0.25) is 0 Å². The van der Waals surface area contributed by atoms with Gasteiger partial charge in [-0.1, -0.05) is 6.07 Å². The molecule has 6 heteroatoms. The molecule has 2 aromatic rings. The molecule has 0 saturated carbocycles. The SMILES string of the molecule is CCN(c1ccc(C(=O)NC(CC(=O)OC)c2cccs2)cc1)C(C)C. The predicted octanol–water partition coefficient (Wildman–Crippen LogP) is 4.02. The van der Waals surface area contributed by atoms with Gasteiger partial charge >= 0.3 is 5.97 Å².